The summed E-state index contributed by atoms with van der Waals surface area (Å²) in [5, 5.41) is 0. The average Bonchev–Trinajstić information content (AvgIpc) is 3.23. The molecule has 2 aromatic rings. The minimum Gasteiger partial charge on any atom is -0.373 e. The monoisotopic (exact) mass is 302 g/mol. The topological polar surface area (TPSA) is 26.3 Å². The lowest BCUT2D eigenvalue weighted by Gasteiger charge is -2.28. The molecule has 0 amide bonds. The molecule has 2 heteroatoms. The summed E-state index contributed by atoms with van der Waals surface area (Å²) in [6.07, 6.45) is 2.79. The van der Waals surface area contributed by atoms with Crippen molar-refractivity contribution < 1.29 is 9.53 Å². The van der Waals surface area contributed by atoms with Crippen molar-refractivity contribution in [3.8, 4) is 11.8 Å². The smallest absolute Gasteiger partial charge is 0.183 e. The molecule has 4 rings (SSSR count). The fourth-order valence-corrected chi connectivity index (χ4v) is 3.69. The van der Waals surface area contributed by atoms with E-state index in [-0.39, 0.29) is 18.0 Å². The Balaban J connectivity index is 1.75. The van der Waals surface area contributed by atoms with Crippen molar-refractivity contribution in [3.63, 3.8) is 0 Å². The molecule has 2 aliphatic rings. The quantitative estimate of drug-likeness (QED) is 0.622. The molecule has 0 N–H and O–H groups in total. The van der Waals surface area contributed by atoms with Gasteiger partial charge in [0.2, 0.25) is 0 Å². The highest BCUT2D eigenvalue weighted by Gasteiger charge is 2.56. The van der Waals surface area contributed by atoms with Crippen LogP contribution in [0.1, 0.15) is 35.2 Å². The van der Waals surface area contributed by atoms with Crippen molar-refractivity contribution in [2.24, 2.45) is 5.41 Å². The number of fused-ring (bicyclic) bond motifs is 2. The van der Waals surface area contributed by atoms with E-state index in [0.717, 1.165) is 24.0 Å². The van der Waals surface area contributed by atoms with Gasteiger partial charge in [0.25, 0.3) is 0 Å². The number of rotatable bonds is 2. The SMILES string of the molecule is O=C(c1ccccc1)[C@]1(C#Cc2ccccc2)C[C@H]2CC[C@@H]1O2. The van der Waals surface area contributed by atoms with Crippen LogP contribution in [0.2, 0.25) is 0 Å². The highest BCUT2D eigenvalue weighted by Crippen LogP contribution is 2.49. The Morgan fingerprint density at radius 2 is 1.70 bits per heavy atom. The van der Waals surface area contributed by atoms with Gasteiger partial charge in [-0.1, -0.05) is 60.4 Å². The number of ether oxygens (including phenoxy) is 1. The van der Waals surface area contributed by atoms with E-state index in [1.165, 1.54) is 0 Å². The molecule has 2 nitrogen and oxygen atoms in total. The number of hydrogen-bond donors (Lipinski definition) is 0. The van der Waals surface area contributed by atoms with Gasteiger partial charge < -0.3 is 4.74 Å². The second-order valence-corrected chi connectivity index (χ2v) is 6.31. The fourth-order valence-electron chi connectivity index (χ4n) is 3.69. The van der Waals surface area contributed by atoms with E-state index in [1.54, 1.807) is 0 Å². The Morgan fingerprint density at radius 1 is 1.00 bits per heavy atom. The summed E-state index contributed by atoms with van der Waals surface area (Å²) in [5.41, 5.74) is 0.974. The molecule has 0 unspecified atom stereocenters. The van der Waals surface area contributed by atoms with Crippen molar-refractivity contribution in [2.45, 2.75) is 31.5 Å². The van der Waals surface area contributed by atoms with Gasteiger partial charge in [-0.2, -0.15) is 0 Å². The van der Waals surface area contributed by atoms with Crippen LogP contribution in [0, 0.1) is 17.3 Å². The fraction of sp³-hybridized carbons (Fsp3) is 0.286. The summed E-state index contributed by atoms with van der Waals surface area (Å²) in [6, 6.07) is 19.3. The summed E-state index contributed by atoms with van der Waals surface area (Å²) in [7, 11) is 0. The van der Waals surface area contributed by atoms with Crippen molar-refractivity contribution in [1.82, 2.24) is 0 Å². The molecule has 2 bridgehead atoms. The normalized spacial score (nSPS) is 28.2. The Morgan fingerprint density at radius 3 is 2.30 bits per heavy atom. The second-order valence-electron chi connectivity index (χ2n) is 6.31. The lowest BCUT2D eigenvalue weighted by molar-refractivity contribution is 0.0622. The van der Waals surface area contributed by atoms with E-state index in [2.05, 4.69) is 11.8 Å². The maximum Gasteiger partial charge on any atom is 0.183 e. The van der Waals surface area contributed by atoms with Gasteiger partial charge in [-0.25, -0.2) is 0 Å². The highest BCUT2D eigenvalue weighted by atomic mass is 16.5. The van der Waals surface area contributed by atoms with Gasteiger partial charge in [-0.05, 0) is 25.0 Å². The predicted molar refractivity (Wildman–Crippen MR) is 89.0 cm³/mol. The first-order valence-corrected chi connectivity index (χ1v) is 8.11. The number of carbonyl (C=O) groups excluding carboxylic acids is 1. The maximum absolute atomic E-state index is 13.2. The minimum absolute atomic E-state index is 0.0728. The average molecular weight is 302 g/mol. The van der Waals surface area contributed by atoms with E-state index in [0.29, 0.717) is 6.42 Å². The van der Waals surface area contributed by atoms with Crippen LogP contribution in [-0.4, -0.2) is 18.0 Å². The number of benzene rings is 2. The molecule has 2 aromatic carbocycles. The van der Waals surface area contributed by atoms with E-state index < -0.39 is 5.41 Å². The van der Waals surface area contributed by atoms with E-state index in [9.17, 15) is 4.79 Å². The van der Waals surface area contributed by atoms with Gasteiger partial charge in [-0.3, -0.25) is 4.79 Å². The lowest BCUT2D eigenvalue weighted by atomic mass is 9.69. The third-order valence-corrected chi connectivity index (χ3v) is 4.85. The zero-order chi connectivity index (χ0) is 15.7. The molecule has 2 heterocycles. The number of hydrogen-bond acceptors (Lipinski definition) is 2. The first-order chi connectivity index (χ1) is 11.3. The second kappa shape index (κ2) is 5.68. The molecule has 2 saturated heterocycles. The zero-order valence-corrected chi connectivity index (χ0v) is 12.9. The largest absolute Gasteiger partial charge is 0.373 e. The molecule has 2 fully saturated rings. The lowest BCUT2D eigenvalue weighted by Crippen LogP contribution is -2.39. The van der Waals surface area contributed by atoms with Gasteiger partial charge in [0.1, 0.15) is 5.41 Å². The van der Waals surface area contributed by atoms with Crippen LogP contribution < -0.4 is 0 Å². The van der Waals surface area contributed by atoms with Crippen molar-refractivity contribution >= 4 is 5.78 Å². The zero-order valence-electron chi connectivity index (χ0n) is 12.9. The summed E-state index contributed by atoms with van der Waals surface area (Å²) in [4.78, 5) is 13.2. The maximum atomic E-state index is 13.2. The van der Waals surface area contributed by atoms with Gasteiger partial charge in [0.05, 0.1) is 12.2 Å². The summed E-state index contributed by atoms with van der Waals surface area (Å²) in [5.74, 6) is 6.63. The van der Waals surface area contributed by atoms with E-state index in [1.807, 2.05) is 60.7 Å². The van der Waals surface area contributed by atoms with Crippen LogP contribution in [0.5, 0.6) is 0 Å². The molecule has 0 aliphatic carbocycles. The Hall–Kier alpha value is -2.37. The van der Waals surface area contributed by atoms with Gasteiger partial charge >= 0.3 is 0 Å². The van der Waals surface area contributed by atoms with E-state index in [4.69, 9.17) is 4.74 Å². The molecule has 2 aliphatic heterocycles. The summed E-state index contributed by atoms with van der Waals surface area (Å²) in [6.45, 7) is 0. The number of ketones is 1. The van der Waals surface area contributed by atoms with Crippen LogP contribution in [-0.2, 0) is 4.74 Å². The molecule has 0 aromatic heterocycles. The molecule has 3 atom stereocenters. The van der Waals surface area contributed by atoms with Crippen LogP contribution >= 0.6 is 0 Å². The van der Waals surface area contributed by atoms with Crippen LogP contribution in [0.4, 0.5) is 0 Å². The molecule has 23 heavy (non-hydrogen) atoms. The number of Topliss-reactive ketones (excluding diaryl/α,β-unsaturated/α-hetero) is 1. The molecular weight excluding hydrogens is 284 g/mol. The molecular formula is C21H18O2. The Bertz CT molecular complexity index is 770. The molecule has 0 spiro atoms. The molecule has 0 saturated carbocycles. The van der Waals surface area contributed by atoms with Gasteiger partial charge in [-0.15, -0.1) is 0 Å². The Labute approximate surface area is 136 Å². The summed E-state index contributed by atoms with van der Waals surface area (Å²) < 4.78 is 6.00. The van der Waals surface area contributed by atoms with Crippen LogP contribution in [0.25, 0.3) is 0 Å². The van der Waals surface area contributed by atoms with Crippen LogP contribution in [0.3, 0.4) is 0 Å². The van der Waals surface area contributed by atoms with E-state index >= 15 is 0 Å². The predicted octanol–water partition coefficient (Wildman–Crippen LogP) is 3.86. The van der Waals surface area contributed by atoms with Crippen molar-refractivity contribution in [2.75, 3.05) is 0 Å². The third-order valence-electron chi connectivity index (χ3n) is 4.85. The van der Waals surface area contributed by atoms with Crippen LogP contribution in [0.15, 0.2) is 60.7 Å². The van der Waals surface area contributed by atoms with Crippen molar-refractivity contribution in [3.05, 3.63) is 71.8 Å². The minimum atomic E-state index is -0.694. The molecule has 114 valence electrons. The standard InChI is InChI=1S/C21H18O2/c22-20(17-9-5-2-6-10-17)21(15-18-11-12-19(21)23-18)14-13-16-7-3-1-4-8-16/h1-10,18-19H,11-12,15H2/t18-,19+,21-/m1/s1. The first kappa shape index (κ1) is 14.2. The first-order valence-electron chi connectivity index (χ1n) is 8.11. The number of carbonyl (C=O) groups is 1. The summed E-state index contributed by atoms with van der Waals surface area (Å²) >= 11 is 0. The third kappa shape index (κ3) is 2.48. The van der Waals surface area contributed by atoms with Gasteiger partial charge in [0.15, 0.2) is 5.78 Å². The van der Waals surface area contributed by atoms with Crippen molar-refractivity contribution in [1.29, 1.82) is 0 Å². The molecule has 0 radical (unpaired) electrons. The van der Waals surface area contributed by atoms with Gasteiger partial charge in [0, 0.05) is 17.5 Å². The highest BCUT2D eigenvalue weighted by molar-refractivity contribution is 6.03. The Kier molecular flexibility index (Phi) is 3.52.